The van der Waals surface area contributed by atoms with Crippen LogP contribution in [0, 0.1) is 16.0 Å². The maximum Gasteiger partial charge on any atom is 0.294 e. The van der Waals surface area contributed by atoms with E-state index in [0.717, 1.165) is 18.8 Å². The first-order valence-electron chi connectivity index (χ1n) is 5.98. The Balaban J connectivity index is 3.39. The van der Waals surface area contributed by atoms with Crippen LogP contribution in [-0.2, 0) is 4.84 Å². The van der Waals surface area contributed by atoms with Gasteiger partial charge in [-0.15, -0.1) is 10.1 Å². The SMILES string of the molecule is CCCC(CCC)CCCCO[N+](=O)[O-]. The van der Waals surface area contributed by atoms with E-state index in [2.05, 4.69) is 18.7 Å². The van der Waals surface area contributed by atoms with Gasteiger partial charge in [-0.25, -0.2) is 0 Å². The molecule has 0 unspecified atom stereocenters. The fourth-order valence-corrected chi connectivity index (χ4v) is 1.92. The number of hydrogen-bond acceptors (Lipinski definition) is 3. The van der Waals surface area contributed by atoms with Gasteiger partial charge in [0.25, 0.3) is 5.09 Å². The maximum atomic E-state index is 9.88. The predicted octanol–water partition coefficient (Wildman–Crippen LogP) is 3.58. The van der Waals surface area contributed by atoms with E-state index in [1.807, 2.05) is 0 Å². The highest BCUT2D eigenvalue weighted by molar-refractivity contribution is 4.58. The lowest BCUT2D eigenvalue weighted by Gasteiger charge is -2.14. The average molecular weight is 217 g/mol. The van der Waals surface area contributed by atoms with E-state index in [-0.39, 0.29) is 6.61 Å². The average Bonchev–Trinajstić information content (AvgIpc) is 2.17. The predicted molar refractivity (Wildman–Crippen MR) is 60.1 cm³/mol. The first kappa shape index (κ1) is 14.2. The Morgan fingerprint density at radius 3 is 2.20 bits per heavy atom. The van der Waals surface area contributed by atoms with Crippen LogP contribution in [0.2, 0.25) is 0 Å². The molecule has 0 aromatic carbocycles. The van der Waals surface area contributed by atoms with Gasteiger partial charge in [0.15, 0.2) is 0 Å². The summed E-state index contributed by atoms with van der Waals surface area (Å²) in [7, 11) is 0. The number of unbranched alkanes of at least 4 members (excludes halogenated alkanes) is 1. The van der Waals surface area contributed by atoms with Crippen LogP contribution in [0.3, 0.4) is 0 Å². The number of hydrogen-bond donors (Lipinski definition) is 0. The van der Waals surface area contributed by atoms with Gasteiger partial charge in [0, 0.05) is 0 Å². The lowest BCUT2D eigenvalue weighted by Crippen LogP contribution is -2.04. The smallest absolute Gasteiger partial charge is 0.294 e. The summed E-state index contributed by atoms with van der Waals surface area (Å²) in [6.07, 6.45) is 8.05. The van der Waals surface area contributed by atoms with Crippen molar-refractivity contribution in [2.45, 2.75) is 58.8 Å². The van der Waals surface area contributed by atoms with Crippen LogP contribution in [-0.4, -0.2) is 11.7 Å². The van der Waals surface area contributed by atoms with E-state index >= 15 is 0 Å². The molecule has 4 nitrogen and oxygen atoms in total. The second-order valence-corrected chi connectivity index (χ2v) is 4.00. The summed E-state index contributed by atoms with van der Waals surface area (Å²) in [5.41, 5.74) is 0. The monoisotopic (exact) mass is 217 g/mol. The molecular formula is C11H23NO3. The van der Waals surface area contributed by atoms with Crippen molar-refractivity contribution in [2.24, 2.45) is 5.92 Å². The lowest BCUT2D eigenvalue weighted by atomic mass is 9.93. The second-order valence-electron chi connectivity index (χ2n) is 4.00. The largest absolute Gasteiger partial charge is 0.314 e. The van der Waals surface area contributed by atoms with Crippen molar-refractivity contribution in [1.29, 1.82) is 0 Å². The summed E-state index contributed by atoms with van der Waals surface area (Å²) in [4.78, 5) is 14.2. The van der Waals surface area contributed by atoms with Gasteiger partial charge < -0.3 is 4.84 Å². The van der Waals surface area contributed by atoms with Gasteiger partial charge in [-0.3, -0.25) is 0 Å². The van der Waals surface area contributed by atoms with Crippen molar-refractivity contribution in [3.63, 3.8) is 0 Å². The third-order valence-electron chi connectivity index (χ3n) is 2.60. The fourth-order valence-electron chi connectivity index (χ4n) is 1.92. The minimum absolute atomic E-state index is 0.248. The molecule has 90 valence electrons. The van der Waals surface area contributed by atoms with E-state index in [0.29, 0.717) is 0 Å². The maximum absolute atomic E-state index is 9.88. The first-order chi connectivity index (χ1) is 7.20. The van der Waals surface area contributed by atoms with Gasteiger partial charge in [0.05, 0.1) is 6.61 Å². The van der Waals surface area contributed by atoms with Gasteiger partial charge >= 0.3 is 0 Å². The van der Waals surface area contributed by atoms with Gasteiger partial charge in [-0.05, 0) is 12.3 Å². The van der Waals surface area contributed by atoms with E-state index in [1.165, 1.54) is 32.1 Å². The quantitative estimate of drug-likeness (QED) is 0.319. The molecule has 0 amide bonds. The molecule has 0 aliphatic carbocycles. The molecule has 0 N–H and O–H groups in total. The zero-order valence-corrected chi connectivity index (χ0v) is 9.91. The summed E-state index contributed by atoms with van der Waals surface area (Å²) in [6, 6.07) is 0. The van der Waals surface area contributed by atoms with Crippen LogP contribution in [0.1, 0.15) is 58.8 Å². The third kappa shape index (κ3) is 9.50. The molecule has 15 heavy (non-hydrogen) atoms. The zero-order chi connectivity index (χ0) is 11.5. The lowest BCUT2D eigenvalue weighted by molar-refractivity contribution is -0.757. The van der Waals surface area contributed by atoms with Crippen molar-refractivity contribution in [3.05, 3.63) is 10.1 Å². The van der Waals surface area contributed by atoms with Crippen molar-refractivity contribution in [3.8, 4) is 0 Å². The Bertz CT molecular complexity index is 156. The summed E-state index contributed by atoms with van der Waals surface area (Å²) in [5.74, 6) is 0.801. The molecule has 0 bridgehead atoms. The van der Waals surface area contributed by atoms with Crippen LogP contribution in [0.25, 0.3) is 0 Å². The van der Waals surface area contributed by atoms with Crippen molar-refractivity contribution in [2.75, 3.05) is 6.61 Å². The van der Waals surface area contributed by atoms with Gasteiger partial charge in [-0.1, -0.05) is 52.4 Å². The summed E-state index contributed by atoms with van der Waals surface area (Å²) >= 11 is 0. The van der Waals surface area contributed by atoms with E-state index in [1.54, 1.807) is 0 Å². The van der Waals surface area contributed by atoms with Crippen LogP contribution in [0.4, 0.5) is 0 Å². The zero-order valence-electron chi connectivity index (χ0n) is 9.91. The first-order valence-corrected chi connectivity index (χ1v) is 5.98. The topological polar surface area (TPSA) is 52.4 Å². The second kappa shape index (κ2) is 9.74. The van der Waals surface area contributed by atoms with E-state index in [9.17, 15) is 10.1 Å². The van der Waals surface area contributed by atoms with Crippen LogP contribution in [0.5, 0.6) is 0 Å². The van der Waals surface area contributed by atoms with E-state index < -0.39 is 5.09 Å². The molecular weight excluding hydrogens is 194 g/mol. The van der Waals surface area contributed by atoms with Crippen molar-refractivity contribution >= 4 is 0 Å². The molecule has 0 aliphatic heterocycles. The van der Waals surface area contributed by atoms with Gasteiger partial charge in [0.2, 0.25) is 0 Å². The van der Waals surface area contributed by atoms with Crippen LogP contribution < -0.4 is 0 Å². The highest BCUT2D eigenvalue weighted by Crippen LogP contribution is 2.19. The van der Waals surface area contributed by atoms with Gasteiger partial charge in [0.1, 0.15) is 0 Å². The molecule has 0 fully saturated rings. The number of rotatable bonds is 10. The Kier molecular flexibility index (Phi) is 9.22. The highest BCUT2D eigenvalue weighted by Gasteiger charge is 2.06. The molecule has 0 spiro atoms. The molecule has 0 saturated carbocycles. The van der Waals surface area contributed by atoms with Crippen LogP contribution in [0.15, 0.2) is 0 Å². The van der Waals surface area contributed by atoms with Gasteiger partial charge in [-0.2, -0.15) is 0 Å². The minimum atomic E-state index is -0.713. The molecule has 0 aliphatic rings. The molecule has 0 atom stereocenters. The fraction of sp³-hybridized carbons (Fsp3) is 1.00. The molecule has 0 aromatic heterocycles. The Labute approximate surface area is 92.1 Å². The highest BCUT2D eigenvalue weighted by atomic mass is 16.9. The molecule has 4 heteroatoms. The molecule has 0 aromatic rings. The van der Waals surface area contributed by atoms with Crippen LogP contribution >= 0.6 is 0 Å². The molecule has 0 radical (unpaired) electrons. The minimum Gasteiger partial charge on any atom is -0.314 e. The summed E-state index contributed by atoms with van der Waals surface area (Å²) < 4.78 is 0. The Morgan fingerprint density at radius 2 is 1.73 bits per heavy atom. The normalized spacial score (nSPS) is 10.6. The number of nitrogens with zero attached hydrogens (tertiary/aromatic N) is 1. The van der Waals surface area contributed by atoms with Crippen molar-refractivity contribution in [1.82, 2.24) is 0 Å². The summed E-state index contributed by atoms with van der Waals surface area (Å²) in [5, 5.41) is 9.17. The molecule has 0 rings (SSSR count). The van der Waals surface area contributed by atoms with E-state index in [4.69, 9.17) is 0 Å². The third-order valence-corrected chi connectivity index (χ3v) is 2.60. The Morgan fingerprint density at radius 1 is 1.13 bits per heavy atom. The summed E-state index contributed by atoms with van der Waals surface area (Å²) in [6.45, 7) is 4.66. The molecule has 0 heterocycles. The van der Waals surface area contributed by atoms with Crippen molar-refractivity contribution < 1.29 is 9.92 Å². The Hall–Kier alpha value is -0.800. The standard InChI is InChI=1S/C11H23NO3/c1-3-7-11(8-4-2)9-5-6-10-15-12(13)14/h11H,3-10H2,1-2H3. The molecule has 0 saturated heterocycles.